The van der Waals surface area contributed by atoms with Gasteiger partial charge in [0, 0.05) is 13.0 Å². The van der Waals surface area contributed by atoms with Gasteiger partial charge in [0.25, 0.3) is 5.69 Å². The van der Waals surface area contributed by atoms with Crippen molar-refractivity contribution in [2.45, 2.75) is 13.5 Å². The molecule has 0 aliphatic rings. The van der Waals surface area contributed by atoms with Crippen molar-refractivity contribution in [3.63, 3.8) is 0 Å². The molecule has 0 spiro atoms. The molecule has 0 saturated heterocycles. The van der Waals surface area contributed by atoms with E-state index in [1.165, 1.54) is 18.2 Å². The van der Waals surface area contributed by atoms with Crippen LogP contribution in [0.5, 0.6) is 0 Å². The second kappa shape index (κ2) is 5.34. The number of carboxylic acids is 1. The summed E-state index contributed by atoms with van der Waals surface area (Å²) in [5, 5.41) is 26.3. The average molecular weight is 278 g/mol. The molecule has 104 valence electrons. The number of aromatic nitrogens is 2. The molecule has 0 radical (unpaired) electrons. The molecule has 0 unspecified atom stereocenters. The number of aryl methyl sites for hydroxylation is 1. The van der Waals surface area contributed by atoms with Crippen molar-refractivity contribution in [3.05, 3.63) is 45.6 Å². The Balaban J connectivity index is 2.32. The van der Waals surface area contributed by atoms with E-state index in [-0.39, 0.29) is 29.3 Å². The fraction of sp³-hybridized carbons (Fsp3) is 0.182. The number of anilines is 1. The number of carboxylic acid groups (broad SMARTS) is 1. The highest BCUT2D eigenvalue weighted by Gasteiger charge is 2.21. The Morgan fingerprint density at radius 3 is 2.85 bits per heavy atom. The van der Waals surface area contributed by atoms with Crippen molar-refractivity contribution in [2.24, 2.45) is 0 Å². The number of aromatic carboxylic acids is 1. The van der Waals surface area contributed by atoms with Crippen LogP contribution in [0.2, 0.25) is 0 Å². The van der Waals surface area contributed by atoms with Crippen LogP contribution in [0.15, 0.2) is 22.7 Å². The van der Waals surface area contributed by atoms with Gasteiger partial charge in [-0.05, 0) is 6.07 Å². The molecule has 2 aromatic rings. The summed E-state index contributed by atoms with van der Waals surface area (Å²) >= 11 is 0. The van der Waals surface area contributed by atoms with E-state index in [2.05, 4.69) is 15.5 Å². The summed E-state index contributed by atoms with van der Waals surface area (Å²) in [7, 11) is 0. The van der Waals surface area contributed by atoms with Crippen LogP contribution in [0.1, 0.15) is 22.1 Å². The summed E-state index contributed by atoms with van der Waals surface area (Å²) in [6.07, 6.45) is 0. The van der Waals surface area contributed by atoms with Crippen LogP contribution in [-0.2, 0) is 6.54 Å². The van der Waals surface area contributed by atoms with Crippen molar-refractivity contribution in [2.75, 3.05) is 5.32 Å². The van der Waals surface area contributed by atoms with Gasteiger partial charge < -0.3 is 14.9 Å². The van der Waals surface area contributed by atoms with E-state index in [0.717, 1.165) is 0 Å². The fourth-order valence-electron chi connectivity index (χ4n) is 1.64. The van der Waals surface area contributed by atoms with Gasteiger partial charge in [0.2, 0.25) is 5.89 Å². The van der Waals surface area contributed by atoms with Gasteiger partial charge in [-0.2, -0.15) is 4.98 Å². The number of rotatable bonds is 5. The van der Waals surface area contributed by atoms with E-state index in [4.69, 9.17) is 9.63 Å². The molecule has 1 heterocycles. The third-order valence-electron chi connectivity index (χ3n) is 2.46. The highest BCUT2D eigenvalue weighted by Crippen LogP contribution is 2.28. The lowest BCUT2D eigenvalue weighted by Gasteiger charge is -2.08. The van der Waals surface area contributed by atoms with Gasteiger partial charge in [0.15, 0.2) is 5.82 Å². The topological polar surface area (TPSA) is 131 Å². The third kappa shape index (κ3) is 2.71. The molecule has 2 N–H and O–H groups in total. The lowest BCUT2D eigenvalue weighted by atomic mass is 10.1. The molecule has 9 nitrogen and oxygen atoms in total. The number of nitro groups is 1. The van der Waals surface area contributed by atoms with Crippen molar-refractivity contribution in [3.8, 4) is 0 Å². The molecule has 0 bridgehead atoms. The van der Waals surface area contributed by atoms with Gasteiger partial charge in [-0.3, -0.25) is 10.1 Å². The summed E-state index contributed by atoms with van der Waals surface area (Å²) in [6, 6.07) is 3.81. The molecule has 20 heavy (non-hydrogen) atoms. The summed E-state index contributed by atoms with van der Waals surface area (Å²) in [6.45, 7) is 1.62. The molecule has 9 heteroatoms. The largest absolute Gasteiger partial charge is 0.478 e. The Morgan fingerprint density at radius 2 is 2.30 bits per heavy atom. The maximum Gasteiger partial charge on any atom is 0.338 e. The molecule has 1 aromatic carbocycles. The van der Waals surface area contributed by atoms with Gasteiger partial charge in [0.05, 0.1) is 17.0 Å². The SMILES string of the molecule is Cc1nc(CNc2c(C(=O)O)cccc2[N+](=O)[O-])no1. The molecule has 0 amide bonds. The maximum absolute atomic E-state index is 11.1. The van der Waals surface area contributed by atoms with Gasteiger partial charge in [-0.1, -0.05) is 11.2 Å². The van der Waals surface area contributed by atoms with Gasteiger partial charge in [0.1, 0.15) is 5.69 Å². The lowest BCUT2D eigenvalue weighted by molar-refractivity contribution is -0.384. The predicted molar refractivity (Wildman–Crippen MR) is 66.4 cm³/mol. The summed E-state index contributed by atoms with van der Waals surface area (Å²) in [5.74, 6) is -0.639. The Labute approximate surface area is 112 Å². The third-order valence-corrected chi connectivity index (χ3v) is 2.46. The number of hydrogen-bond donors (Lipinski definition) is 2. The van der Waals surface area contributed by atoms with Crippen molar-refractivity contribution in [1.29, 1.82) is 0 Å². The molecule has 0 saturated carbocycles. The van der Waals surface area contributed by atoms with E-state index in [1.54, 1.807) is 6.92 Å². The van der Waals surface area contributed by atoms with Crippen molar-refractivity contribution >= 4 is 17.3 Å². The molecule has 0 aliphatic heterocycles. The molecule has 0 aliphatic carbocycles. The van der Waals surface area contributed by atoms with Crippen LogP contribution in [-0.4, -0.2) is 26.1 Å². The predicted octanol–water partition coefficient (Wildman–Crippen LogP) is 1.60. The lowest BCUT2D eigenvalue weighted by Crippen LogP contribution is -2.09. The normalized spacial score (nSPS) is 10.2. The standard InChI is InChI=1S/C11H10N4O5/c1-6-13-9(14-20-6)5-12-10-7(11(16)17)3-2-4-8(10)15(18)19/h2-4,12H,5H2,1H3,(H,16,17). The minimum Gasteiger partial charge on any atom is -0.478 e. The van der Waals surface area contributed by atoms with Crippen molar-refractivity contribution in [1.82, 2.24) is 10.1 Å². The van der Waals surface area contributed by atoms with E-state index in [0.29, 0.717) is 5.89 Å². The molecular formula is C11H10N4O5. The van der Waals surface area contributed by atoms with E-state index < -0.39 is 10.9 Å². The molecular weight excluding hydrogens is 268 g/mol. The minimum absolute atomic E-state index is 0.0163. The first-order valence-electron chi connectivity index (χ1n) is 5.53. The van der Waals surface area contributed by atoms with Crippen LogP contribution < -0.4 is 5.32 Å². The van der Waals surface area contributed by atoms with Crippen LogP contribution in [0.4, 0.5) is 11.4 Å². The quantitative estimate of drug-likeness (QED) is 0.622. The Hall–Kier alpha value is -2.97. The van der Waals surface area contributed by atoms with Gasteiger partial charge in [-0.15, -0.1) is 0 Å². The van der Waals surface area contributed by atoms with E-state index in [9.17, 15) is 14.9 Å². The second-order valence-corrected chi connectivity index (χ2v) is 3.85. The summed E-state index contributed by atoms with van der Waals surface area (Å²) < 4.78 is 4.76. The first-order valence-corrected chi connectivity index (χ1v) is 5.53. The zero-order valence-corrected chi connectivity index (χ0v) is 10.4. The average Bonchev–Trinajstić information content (AvgIpc) is 2.81. The van der Waals surface area contributed by atoms with E-state index in [1.807, 2.05) is 0 Å². The zero-order valence-electron chi connectivity index (χ0n) is 10.4. The van der Waals surface area contributed by atoms with Gasteiger partial charge >= 0.3 is 5.97 Å². The first kappa shape index (κ1) is 13.5. The Bertz CT molecular complexity index is 634. The molecule has 0 atom stereocenters. The highest BCUT2D eigenvalue weighted by molar-refractivity contribution is 5.96. The number of carbonyl (C=O) groups is 1. The monoisotopic (exact) mass is 278 g/mol. The second-order valence-electron chi connectivity index (χ2n) is 3.85. The van der Waals surface area contributed by atoms with Crippen LogP contribution in [0.25, 0.3) is 0 Å². The fourth-order valence-corrected chi connectivity index (χ4v) is 1.64. The summed E-state index contributed by atoms with van der Waals surface area (Å²) in [4.78, 5) is 25.3. The number of nitro benzene ring substituents is 1. The number of nitrogens with one attached hydrogen (secondary N) is 1. The smallest absolute Gasteiger partial charge is 0.338 e. The number of nitrogens with zero attached hydrogens (tertiary/aromatic N) is 3. The highest BCUT2D eigenvalue weighted by atomic mass is 16.6. The number of benzene rings is 1. The summed E-state index contributed by atoms with van der Waals surface area (Å²) in [5.41, 5.74) is -0.614. The molecule has 2 rings (SSSR count). The molecule has 1 aromatic heterocycles. The zero-order chi connectivity index (χ0) is 14.7. The van der Waals surface area contributed by atoms with Crippen LogP contribution in [0.3, 0.4) is 0 Å². The van der Waals surface area contributed by atoms with Crippen LogP contribution in [0, 0.1) is 17.0 Å². The number of hydrogen-bond acceptors (Lipinski definition) is 7. The Morgan fingerprint density at radius 1 is 1.55 bits per heavy atom. The van der Waals surface area contributed by atoms with E-state index >= 15 is 0 Å². The molecule has 0 fully saturated rings. The minimum atomic E-state index is -1.26. The number of para-hydroxylation sites is 1. The van der Waals surface area contributed by atoms with Crippen molar-refractivity contribution < 1.29 is 19.3 Å². The first-order chi connectivity index (χ1) is 9.49. The maximum atomic E-state index is 11.1. The van der Waals surface area contributed by atoms with Crippen LogP contribution >= 0.6 is 0 Å². The van der Waals surface area contributed by atoms with Gasteiger partial charge in [-0.25, -0.2) is 4.79 Å². The Kier molecular flexibility index (Phi) is 3.60.